The molecule has 0 aliphatic rings. The van der Waals surface area contributed by atoms with E-state index < -0.39 is 0 Å². The highest BCUT2D eigenvalue weighted by atomic mass is 19.1. The number of halogens is 1. The lowest BCUT2D eigenvalue weighted by molar-refractivity contribution is 0.190. The van der Waals surface area contributed by atoms with Gasteiger partial charge in [0.25, 0.3) is 0 Å². The average Bonchev–Trinajstić information content (AvgIpc) is 2.29. The molecule has 0 fully saturated rings. The Balaban J connectivity index is 2.65. The van der Waals surface area contributed by atoms with Crippen LogP contribution < -0.4 is 5.32 Å². The average molecular weight is 225 g/mol. The molecule has 90 valence electrons. The third kappa shape index (κ3) is 3.91. The van der Waals surface area contributed by atoms with Gasteiger partial charge in [0.15, 0.2) is 0 Å². The highest BCUT2D eigenvalue weighted by Crippen LogP contribution is 2.23. The predicted molar refractivity (Wildman–Crippen MR) is 64.2 cm³/mol. The maximum atomic E-state index is 13.6. The first-order valence-corrected chi connectivity index (χ1v) is 5.67. The molecule has 0 aliphatic heterocycles. The number of methoxy groups -OCH3 is 1. The fourth-order valence-corrected chi connectivity index (χ4v) is 1.89. The number of hydrogen-bond donors (Lipinski definition) is 1. The summed E-state index contributed by atoms with van der Waals surface area (Å²) in [7, 11) is 3.58. The van der Waals surface area contributed by atoms with E-state index in [1.807, 2.05) is 19.2 Å². The monoisotopic (exact) mass is 225 g/mol. The van der Waals surface area contributed by atoms with Crippen molar-refractivity contribution >= 4 is 0 Å². The van der Waals surface area contributed by atoms with E-state index in [-0.39, 0.29) is 11.7 Å². The zero-order chi connectivity index (χ0) is 11.8. The fourth-order valence-electron chi connectivity index (χ4n) is 1.89. The molecule has 0 aliphatic carbocycles. The standard InChI is InChI=1S/C13H20FNO/c1-15-10-11(6-5-9-16-2)12-7-3-4-8-13(12)14/h3-4,7-8,11,15H,5-6,9-10H2,1-2H3. The van der Waals surface area contributed by atoms with E-state index in [2.05, 4.69) is 5.32 Å². The molecule has 0 aromatic heterocycles. The number of hydrogen-bond acceptors (Lipinski definition) is 2. The summed E-state index contributed by atoms with van der Waals surface area (Å²) in [6, 6.07) is 7.00. The highest BCUT2D eigenvalue weighted by Gasteiger charge is 2.14. The van der Waals surface area contributed by atoms with Gasteiger partial charge in [0.2, 0.25) is 0 Å². The molecule has 1 aromatic rings. The maximum absolute atomic E-state index is 13.6. The molecular formula is C13H20FNO. The second-order valence-corrected chi connectivity index (χ2v) is 3.91. The minimum absolute atomic E-state index is 0.111. The Morgan fingerprint density at radius 3 is 2.75 bits per heavy atom. The van der Waals surface area contributed by atoms with Crippen molar-refractivity contribution in [3.05, 3.63) is 35.6 Å². The van der Waals surface area contributed by atoms with Crippen LogP contribution >= 0.6 is 0 Å². The van der Waals surface area contributed by atoms with Gasteiger partial charge in [0.1, 0.15) is 5.82 Å². The van der Waals surface area contributed by atoms with E-state index in [1.165, 1.54) is 6.07 Å². The van der Waals surface area contributed by atoms with Gasteiger partial charge in [-0.2, -0.15) is 0 Å². The van der Waals surface area contributed by atoms with Crippen molar-refractivity contribution in [2.75, 3.05) is 27.3 Å². The molecule has 0 bridgehead atoms. The first kappa shape index (κ1) is 13.1. The molecular weight excluding hydrogens is 205 g/mol. The Hall–Kier alpha value is -0.930. The van der Waals surface area contributed by atoms with Gasteiger partial charge < -0.3 is 10.1 Å². The lowest BCUT2D eigenvalue weighted by atomic mass is 9.94. The molecule has 0 saturated heterocycles. The third-order valence-electron chi connectivity index (χ3n) is 2.70. The molecule has 0 heterocycles. The minimum atomic E-state index is -0.111. The summed E-state index contributed by atoms with van der Waals surface area (Å²) in [5, 5.41) is 3.11. The lowest BCUT2D eigenvalue weighted by Crippen LogP contribution is -2.18. The summed E-state index contributed by atoms with van der Waals surface area (Å²) in [4.78, 5) is 0. The van der Waals surface area contributed by atoms with E-state index in [0.29, 0.717) is 0 Å². The molecule has 1 N–H and O–H groups in total. The minimum Gasteiger partial charge on any atom is -0.385 e. The Morgan fingerprint density at radius 2 is 2.12 bits per heavy atom. The predicted octanol–water partition coefficient (Wildman–Crippen LogP) is 2.56. The van der Waals surface area contributed by atoms with Crippen LogP contribution in [0.4, 0.5) is 4.39 Å². The van der Waals surface area contributed by atoms with Gasteiger partial charge >= 0.3 is 0 Å². The quantitative estimate of drug-likeness (QED) is 0.720. The van der Waals surface area contributed by atoms with E-state index in [0.717, 1.165) is 31.6 Å². The smallest absolute Gasteiger partial charge is 0.126 e. The summed E-state index contributed by atoms with van der Waals surface area (Å²) in [6.07, 6.45) is 1.90. The summed E-state index contributed by atoms with van der Waals surface area (Å²) < 4.78 is 18.6. The Labute approximate surface area is 96.8 Å². The lowest BCUT2D eigenvalue weighted by Gasteiger charge is -2.17. The van der Waals surface area contributed by atoms with Gasteiger partial charge in [-0.15, -0.1) is 0 Å². The van der Waals surface area contributed by atoms with E-state index in [9.17, 15) is 4.39 Å². The largest absolute Gasteiger partial charge is 0.385 e. The second kappa shape index (κ2) is 7.36. The van der Waals surface area contributed by atoms with E-state index in [1.54, 1.807) is 13.2 Å². The van der Waals surface area contributed by atoms with Gasteiger partial charge in [-0.05, 0) is 37.4 Å². The molecule has 2 nitrogen and oxygen atoms in total. The molecule has 0 spiro atoms. The van der Waals surface area contributed by atoms with E-state index in [4.69, 9.17) is 4.74 Å². The molecule has 0 radical (unpaired) electrons. The van der Waals surface area contributed by atoms with Crippen molar-refractivity contribution in [1.29, 1.82) is 0 Å². The number of benzene rings is 1. The van der Waals surface area contributed by atoms with Crippen LogP contribution in [-0.4, -0.2) is 27.3 Å². The van der Waals surface area contributed by atoms with Crippen LogP contribution in [0, 0.1) is 5.82 Å². The number of likely N-dealkylation sites (N-methyl/N-ethyl adjacent to an activating group) is 1. The fraction of sp³-hybridized carbons (Fsp3) is 0.538. The zero-order valence-corrected chi connectivity index (χ0v) is 10.0. The SMILES string of the molecule is CNCC(CCCOC)c1ccccc1F. The van der Waals surface area contributed by atoms with Crippen LogP contribution in [0.25, 0.3) is 0 Å². The van der Waals surface area contributed by atoms with Crippen LogP contribution in [0.1, 0.15) is 24.3 Å². The number of rotatable bonds is 7. The van der Waals surface area contributed by atoms with Gasteiger partial charge in [0.05, 0.1) is 0 Å². The molecule has 1 rings (SSSR count). The first-order chi connectivity index (χ1) is 7.79. The maximum Gasteiger partial charge on any atom is 0.126 e. The van der Waals surface area contributed by atoms with Crippen molar-refractivity contribution in [2.24, 2.45) is 0 Å². The van der Waals surface area contributed by atoms with Gasteiger partial charge in [-0.25, -0.2) is 4.39 Å². The Morgan fingerprint density at radius 1 is 1.38 bits per heavy atom. The number of nitrogens with one attached hydrogen (secondary N) is 1. The number of ether oxygens (including phenoxy) is 1. The third-order valence-corrected chi connectivity index (χ3v) is 2.70. The molecule has 1 unspecified atom stereocenters. The summed E-state index contributed by atoms with van der Waals surface area (Å²) >= 11 is 0. The summed E-state index contributed by atoms with van der Waals surface area (Å²) in [5.41, 5.74) is 0.799. The van der Waals surface area contributed by atoms with Gasteiger partial charge in [-0.1, -0.05) is 18.2 Å². The normalized spacial score (nSPS) is 12.7. The van der Waals surface area contributed by atoms with Crippen molar-refractivity contribution in [3.63, 3.8) is 0 Å². The Bertz CT molecular complexity index is 304. The van der Waals surface area contributed by atoms with Crippen molar-refractivity contribution < 1.29 is 9.13 Å². The molecule has 0 saturated carbocycles. The van der Waals surface area contributed by atoms with Crippen LogP contribution in [0.5, 0.6) is 0 Å². The summed E-state index contributed by atoms with van der Waals surface area (Å²) in [6.45, 7) is 1.53. The molecule has 0 amide bonds. The summed E-state index contributed by atoms with van der Waals surface area (Å²) in [5.74, 6) is 0.113. The van der Waals surface area contributed by atoms with Crippen LogP contribution in [0.2, 0.25) is 0 Å². The van der Waals surface area contributed by atoms with Gasteiger partial charge in [-0.3, -0.25) is 0 Å². The molecule has 16 heavy (non-hydrogen) atoms. The topological polar surface area (TPSA) is 21.3 Å². The van der Waals surface area contributed by atoms with Crippen molar-refractivity contribution in [3.8, 4) is 0 Å². The molecule has 1 aromatic carbocycles. The van der Waals surface area contributed by atoms with Crippen LogP contribution in [0.15, 0.2) is 24.3 Å². The highest BCUT2D eigenvalue weighted by molar-refractivity contribution is 5.22. The van der Waals surface area contributed by atoms with Crippen LogP contribution in [-0.2, 0) is 4.74 Å². The van der Waals surface area contributed by atoms with E-state index >= 15 is 0 Å². The second-order valence-electron chi connectivity index (χ2n) is 3.91. The molecule has 1 atom stereocenters. The first-order valence-electron chi connectivity index (χ1n) is 5.67. The van der Waals surface area contributed by atoms with Crippen molar-refractivity contribution in [1.82, 2.24) is 5.32 Å². The Kier molecular flexibility index (Phi) is 6.04. The van der Waals surface area contributed by atoms with Gasteiger partial charge in [0, 0.05) is 20.3 Å². The van der Waals surface area contributed by atoms with Crippen molar-refractivity contribution in [2.45, 2.75) is 18.8 Å². The molecule has 3 heteroatoms. The zero-order valence-electron chi connectivity index (χ0n) is 10.0. The van der Waals surface area contributed by atoms with Crippen LogP contribution in [0.3, 0.4) is 0 Å².